The molecule has 3 rings (SSSR count). The molecular formula is C19H27NO3. The number of likely N-dealkylation sites (N-methyl/N-ethyl adjacent to an activating group) is 1. The van der Waals surface area contributed by atoms with E-state index in [2.05, 4.69) is 0 Å². The van der Waals surface area contributed by atoms with Gasteiger partial charge in [0.2, 0.25) is 5.91 Å². The second-order valence-corrected chi connectivity index (χ2v) is 7.01. The van der Waals surface area contributed by atoms with Crippen LogP contribution in [-0.4, -0.2) is 42.2 Å². The molecule has 3 atom stereocenters. The third-order valence-electron chi connectivity index (χ3n) is 5.22. The molecule has 4 heteroatoms. The first-order chi connectivity index (χ1) is 11.2. The molecular weight excluding hydrogens is 290 g/mol. The van der Waals surface area contributed by atoms with E-state index >= 15 is 0 Å². The lowest BCUT2D eigenvalue weighted by molar-refractivity contribution is -0.133. The first-order valence-corrected chi connectivity index (χ1v) is 8.71. The largest absolute Gasteiger partial charge is 0.389 e. The van der Waals surface area contributed by atoms with Gasteiger partial charge in [-0.2, -0.15) is 0 Å². The van der Waals surface area contributed by atoms with Gasteiger partial charge in [-0.15, -0.1) is 0 Å². The van der Waals surface area contributed by atoms with E-state index in [1.165, 1.54) is 25.7 Å². The third-order valence-corrected chi connectivity index (χ3v) is 5.22. The summed E-state index contributed by atoms with van der Waals surface area (Å²) in [5, 5.41) is 10.1. The van der Waals surface area contributed by atoms with Crippen LogP contribution in [0.15, 0.2) is 30.3 Å². The number of benzene rings is 1. The Hall–Kier alpha value is -1.39. The Labute approximate surface area is 138 Å². The van der Waals surface area contributed by atoms with Gasteiger partial charge < -0.3 is 14.7 Å². The lowest BCUT2D eigenvalue weighted by Gasteiger charge is -2.21. The Morgan fingerprint density at radius 2 is 1.91 bits per heavy atom. The molecule has 0 heterocycles. The van der Waals surface area contributed by atoms with Gasteiger partial charge in [0.1, 0.15) is 0 Å². The quantitative estimate of drug-likeness (QED) is 0.840. The van der Waals surface area contributed by atoms with Crippen molar-refractivity contribution in [1.29, 1.82) is 0 Å². The monoisotopic (exact) mass is 317 g/mol. The zero-order valence-electron chi connectivity index (χ0n) is 13.9. The lowest BCUT2D eigenvalue weighted by Crippen LogP contribution is -2.37. The molecule has 1 N–H and O–H groups in total. The first-order valence-electron chi connectivity index (χ1n) is 8.71. The molecule has 1 aromatic carbocycles. The normalized spacial score (nSPS) is 27.1. The minimum absolute atomic E-state index is 0.212. The molecule has 1 aromatic rings. The summed E-state index contributed by atoms with van der Waals surface area (Å²) in [6, 6.07) is 9.90. The van der Waals surface area contributed by atoms with Crippen molar-refractivity contribution in [3.05, 3.63) is 35.9 Å². The number of nitrogens with zero attached hydrogens (tertiary/aromatic N) is 1. The maximum Gasteiger partial charge on any atom is 0.226 e. The maximum atomic E-state index is 12.5. The number of carbonyl (C=O) groups excluding carboxylic acids is 1. The van der Waals surface area contributed by atoms with Crippen LogP contribution in [0.25, 0.3) is 0 Å². The predicted octanol–water partition coefficient (Wildman–Crippen LogP) is 2.46. The minimum atomic E-state index is -0.631. The van der Waals surface area contributed by atoms with Crippen LogP contribution in [0.1, 0.15) is 31.2 Å². The molecule has 2 aliphatic rings. The molecule has 0 bridgehead atoms. The van der Waals surface area contributed by atoms with Crippen molar-refractivity contribution in [3.8, 4) is 0 Å². The molecule has 2 saturated carbocycles. The first kappa shape index (κ1) is 16.5. The molecule has 2 aliphatic carbocycles. The van der Waals surface area contributed by atoms with E-state index in [1.807, 2.05) is 30.3 Å². The molecule has 2 fully saturated rings. The summed E-state index contributed by atoms with van der Waals surface area (Å²) in [6.45, 7) is 1.09. The Kier molecular flexibility index (Phi) is 5.34. The average Bonchev–Trinajstić information content (AvgIpc) is 3.29. The van der Waals surface area contributed by atoms with E-state index < -0.39 is 6.10 Å². The summed E-state index contributed by atoms with van der Waals surface area (Å²) in [5.41, 5.74) is 1.09. The summed E-state index contributed by atoms with van der Waals surface area (Å²) in [5.74, 6) is 1.67. The smallest absolute Gasteiger partial charge is 0.226 e. The highest BCUT2D eigenvalue weighted by Crippen LogP contribution is 2.55. The van der Waals surface area contributed by atoms with Gasteiger partial charge in [-0.05, 0) is 30.2 Å². The van der Waals surface area contributed by atoms with Crippen LogP contribution in [0, 0.1) is 17.8 Å². The number of hydrogen-bond acceptors (Lipinski definition) is 3. The summed E-state index contributed by atoms with van der Waals surface area (Å²) >= 11 is 0. The van der Waals surface area contributed by atoms with E-state index in [4.69, 9.17) is 4.74 Å². The highest BCUT2D eigenvalue weighted by atomic mass is 16.5. The lowest BCUT2D eigenvalue weighted by atomic mass is 10.0. The van der Waals surface area contributed by atoms with Crippen molar-refractivity contribution in [2.75, 3.05) is 20.2 Å². The number of ether oxygens (including phenoxy) is 1. The van der Waals surface area contributed by atoms with Crippen LogP contribution in [0.4, 0.5) is 0 Å². The fourth-order valence-electron chi connectivity index (χ4n) is 3.96. The highest BCUT2D eigenvalue weighted by Gasteiger charge is 2.55. The van der Waals surface area contributed by atoms with Crippen molar-refractivity contribution in [2.45, 2.75) is 38.4 Å². The molecule has 3 unspecified atom stereocenters. The van der Waals surface area contributed by atoms with Gasteiger partial charge in [-0.1, -0.05) is 43.2 Å². The Bertz CT molecular complexity index is 507. The van der Waals surface area contributed by atoms with Crippen LogP contribution in [0.5, 0.6) is 0 Å². The van der Waals surface area contributed by atoms with E-state index in [-0.39, 0.29) is 18.4 Å². The molecule has 0 saturated heterocycles. The molecule has 4 nitrogen and oxygen atoms in total. The number of hydrogen-bond donors (Lipinski definition) is 1. The standard InChI is InChI=1S/C19H27NO3/c1-20(19(22)18-16-9-5-6-10-17(16)18)11-15(21)13-23-12-14-7-3-2-4-8-14/h2-4,7-8,15-18,21H,5-6,9-13H2,1H3. The number of aliphatic hydroxyl groups is 1. The zero-order chi connectivity index (χ0) is 16.2. The van der Waals surface area contributed by atoms with Gasteiger partial charge in [0, 0.05) is 19.5 Å². The van der Waals surface area contributed by atoms with Crippen LogP contribution in [0.3, 0.4) is 0 Å². The topological polar surface area (TPSA) is 49.8 Å². The predicted molar refractivity (Wildman–Crippen MR) is 88.7 cm³/mol. The Balaban J connectivity index is 1.37. The molecule has 23 heavy (non-hydrogen) atoms. The number of amides is 1. The van der Waals surface area contributed by atoms with Gasteiger partial charge in [-0.3, -0.25) is 4.79 Å². The maximum absolute atomic E-state index is 12.5. The summed E-state index contributed by atoms with van der Waals surface area (Å²) in [4.78, 5) is 14.2. The van der Waals surface area contributed by atoms with Gasteiger partial charge in [0.25, 0.3) is 0 Å². The van der Waals surface area contributed by atoms with E-state index in [1.54, 1.807) is 11.9 Å². The number of fused-ring (bicyclic) bond motifs is 1. The summed E-state index contributed by atoms with van der Waals surface area (Å²) in [6.07, 6.45) is 4.32. The fraction of sp³-hybridized carbons (Fsp3) is 0.632. The van der Waals surface area contributed by atoms with E-state index in [0.717, 1.165) is 5.56 Å². The molecule has 0 aromatic heterocycles. The van der Waals surface area contributed by atoms with Crippen LogP contribution in [-0.2, 0) is 16.1 Å². The average molecular weight is 317 g/mol. The van der Waals surface area contributed by atoms with Crippen LogP contribution >= 0.6 is 0 Å². The van der Waals surface area contributed by atoms with Gasteiger partial charge >= 0.3 is 0 Å². The van der Waals surface area contributed by atoms with E-state index in [0.29, 0.717) is 25.0 Å². The molecule has 0 aliphatic heterocycles. The SMILES string of the molecule is CN(CC(O)COCc1ccccc1)C(=O)C1C2CCCCC21. The van der Waals surface area contributed by atoms with Crippen molar-refractivity contribution in [2.24, 2.45) is 17.8 Å². The van der Waals surface area contributed by atoms with Crippen molar-refractivity contribution >= 4 is 5.91 Å². The summed E-state index contributed by atoms with van der Waals surface area (Å²) < 4.78 is 5.54. The van der Waals surface area contributed by atoms with Gasteiger partial charge in [0.05, 0.1) is 19.3 Å². The minimum Gasteiger partial charge on any atom is -0.389 e. The van der Waals surface area contributed by atoms with Crippen molar-refractivity contribution in [3.63, 3.8) is 0 Å². The van der Waals surface area contributed by atoms with Gasteiger partial charge in [-0.25, -0.2) is 0 Å². The second kappa shape index (κ2) is 7.45. The highest BCUT2D eigenvalue weighted by molar-refractivity contribution is 5.82. The van der Waals surface area contributed by atoms with Crippen LogP contribution < -0.4 is 0 Å². The number of carbonyl (C=O) groups is 1. The molecule has 126 valence electrons. The third kappa shape index (κ3) is 4.12. The van der Waals surface area contributed by atoms with Crippen LogP contribution in [0.2, 0.25) is 0 Å². The molecule has 0 spiro atoms. The van der Waals surface area contributed by atoms with Crippen molar-refractivity contribution in [1.82, 2.24) is 4.90 Å². The Morgan fingerprint density at radius 1 is 1.26 bits per heavy atom. The number of rotatable bonds is 7. The zero-order valence-corrected chi connectivity index (χ0v) is 13.9. The Morgan fingerprint density at radius 3 is 2.57 bits per heavy atom. The second-order valence-electron chi connectivity index (χ2n) is 7.01. The molecule has 1 amide bonds. The van der Waals surface area contributed by atoms with Crippen molar-refractivity contribution < 1.29 is 14.6 Å². The fourth-order valence-corrected chi connectivity index (χ4v) is 3.96. The molecule has 0 radical (unpaired) electrons. The van der Waals surface area contributed by atoms with Gasteiger partial charge in [0.15, 0.2) is 0 Å². The summed E-state index contributed by atoms with van der Waals surface area (Å²) in [7, 11) is 1.80. The van der Waals surface area contributed by atoms with E-state index in [9.17, 15) is 9.90 Å². The number of aliphatic hydroxyl groups excluding tert-OH is 1.